The summed E-state index contributed by atoms with van der Waals surface area (Å²) in [7, 11) is 0. The normalized spacial score (nSPS) is 18.0. The highest BCUT2D eigenvalue weighted by atomic mass is 32.2. The number of thioether (sulfide) groups is 1. The molecule has 5 heteroatoms. The van der Waals surface area contributed by atoms with Crippen LogP contribution in [0.25, 0.3) is 0 Å². The quantitative estimate of drug-likeness (QED) is 0.803. The Bertz CT molecular complexity index is 648. The zero-order chi connectivity index (χ0) is 16.1. The first-order valence-electron chi connectivity index (χ1n) is 7.55. The van der Waals surface area contributed by atoms with E-state index in [0.29, 0.717) is 25.4 Å². The molecule has 0 aromatic heterocycles. The standard InChI is InChI=1S/C18H18FNO2S/c19-15-8-6-14(7-9-15)17-12-20(10-11-22-17)18(21)13-23-16-4-2-1-3-5-16/h1-9,17H,10-13H2. The Hall–Kier alpha value is -1.85. The lowest BCUT2D eigenvalue weighted by molar-refractivity contribution is -0.136. The van der Waals surface area contributed by atoms with Crippen molar-refractivity contribution < 1.29 is 13.9 Å². The molecular formula is C18H18FNO2S. The molecule has 1 aliphatic heterocycles. The van der Waals surface area contributed by atoms with Gasteiger partial charge in [0.25, 0.3) is 0 Å². The second kappa shape index (κ2) is 7.62. The lowest BCUT2D eigenvalue weighted by Gasteiger charge is -2.33. The van der Waals surface area contributed by atoms with Gasteiger partial charge < -0.3 is 9.64 Å². The molecule has 0 N–H and O–H groups in total. The number of carbonyl (C=O) groups is 1. The maximum absolute atomic E-state index is 13.0. The monoisotopic (exact) mass is 331 g/mol. The van der Waals surface area contributed by atoms with Crippen molar-refractivity contribution in [1.82, 2.24) is 4.90 Å². The molecular weight excluding hydrogens is 313 g/mol. The molecule has 3 rings (SSSR count). The maximum Gasteiger partial charge on any atom is 0.233 e. The molecule has 0 radical (unpaired) electrons. The van der Waals surface area contributed by atoms with Crippen molar-refractivity contribution in [2.45, 2.75) is 11.0 Å². The number of carbonyl (C=O) groups excluding carboxylic acids is 1. The molecule has 3 nitrogen and oxygen atoms in total. The third-order valence-electron chi connectivity index (χ3n) is 3.77. The van der Waals surface area contributed by atoms with E-state index in [4.69, 9.17) is 4.74 Å². The van der Waals surface area contributed by atoms with Crippen molar-refractivity contribution in [3.8, 4) is 0 Å². The van der Waals surface area contributed by atoms with Crippen molar-refractivity contribution in [3.05, 3.63) is 66.0 Å². The number of hydrogen-bond donors (Lipinski definition) is 0. The Morgan fingerprint density at radius 1 is 1.17 bits per heavy atom. The van der Waals surface area contributed by atoms with Gasteiger partial charge in [-0.1, -0.05) is 30.3 Å². The minimum absolute atomic E-state index is 0.106. The lowest BCUT2D eigenvalue weighted by atomic mass is 10.1. The summed E-state index contributed by atoms with van der Waals surface area (Å²) < 4.78 is 18.7. The second-order valence-electron chi connectivity index (χ2n) is 5.35. The predicted molar refractivity (Wildman–Crippen MR) is 88.8 cm³/mol. The van der Waals surface area contributed by atoms with Gasteiger partial charge >= 0.3 is 0 Å². The summed E-state index contributed by atoms with van der Waals surface area (Å²) in [6.07, 6.45) is -0.185. The molecule has 2 aromatic carbocycles. The highest BCUT2D eigenvalue weighted by Crippen LogP contribution is 2.24. The van der Waals surface area contributed by atoms with E-state index in [2.05, 4.69) is 0 Å². The topological polar surface area (TPSA) is 29.5 Å². The van der Waals surface area contributed by atoms with Crippen molar-refractivity contribution >= 4 is 17.7 Å². The van der Waals surface area contributed by atoms with Gasteiger partial charge in [-0.15, -0.1) is 11.8 Å². The number of amides is 1. The molecule has 1 fully saturated rings. The van der Waals surface area contributed by atoms with Crippen LogP contribution in [-0.4, -0.2) is 36.3 Å². The van der Waals surface area contributed by atoms with E-state index in [-0.39, 0.29) is 17.8 Å². The van der Waals surface area contributed by atoms with E-state index in [1.165, 1.54) is 23.9 Å². The molecule has 23 heavy (non-hydrogen) atoms. The molecule has 0 bridgehead atoms. The van der Waals surface area contributed by atoms with Gasteiger partial charge in [-0.05, 0) is 29.8 Å². The summed E-state index contributed by atoms with van der Waals surface area (Å²) in [5.74, 6) is 0.256. The van der Waals surface area contributed by atoms with Crippen LogP contribution in [0, 0.1) is 5.82 Å². The summed E-state index contributed by atoms with van der Waals surface area (Å²) >= 11 is 1.54. The minimum Gasteiger partial charge on any atom is -0.370 e. The van der Waals surface area contributed by atoms with Gasteiger partial charge in [0.1, 0.15) is 11.9 Å². The van der Waals surface area contributed by atoms with Gasteiger partial charge in [-0.25, -0.2) is 4.39 Å². The molecule has 0 spiro atoms. The Labute approximate surface area is 139 Å². The Balaban J connectivity index is 1.57. The molecule has 2 aromatic rings. The highest BCUT2D eigenvalue weighted by Gasteiger charge is 2.25. The fourth-order valence-electron chi connectivity index (χ4n) is 2.51. The Kier molecular flexibility index (Phi) is 5.31. The number of hydrogen-bond acceptors (Lipinski definition) is 3. The van der Waals surface area contributed by atoms with Crippen molar-refractivity contribution in [2.24, 2.45) is 0 Å². The first-order chi connectivity index (χ1) is 11.2. The molecule has 1 aliphatic rings. The van der Waals surface area contributed by atoms with Gasteiger partial charge in [-0.2, -0.15) is 0 Å². The van der Waals surface area contributed by atoms with Crippen LogP contribution in [-0.2, 0) is 9.53 Å². The van der Waals surface area contributed by atoms with Gasteiger partial charge in [0, 0.05) is 11.4 Å². The van der Waals surface area contributed by atoms with Crippen LogP contribution in [0.1, 0.15) is 11.7 Å². The predicted octanol–water partition coefficient (Wildman–Crippen LogP) is 3.52. The molecule has 120 valence electrons. The lowest BCUT2D eigenvalue weighted by Crippen LogP contribution is -2.43. The second-order valence-corrected chi connectivity index (χ2v) is 6.40. The van der Waals surface area contributed by atoms with Crippen molar-refractivity contribution in [1.29, 1.82) is 0 Å². The van der Waals surface area contributed by atoms with Crippen molar-refractivity contribution in [3.63, 3.8) is 0 Å². The third kappa shape index (κ3) is 4.33. The fraction of sp³-hybridized carbons (Fsp3) is 0.278. The Morgan fingerprint density at radius 3 is 2.65 bits per heavy atom. The van der Waals surface area contributed by atoms with Crippen LogP contribution in [0.3, 0.4) is 0 Å². The summed E-state index contributed by atoms with van der Waals surface area (Å²) in [5.41, 5.74) is 0.902. The number of ether oxygens (including phenoxy) is 1. The van der Waals surface area contributed by atoms with Crippen LogP contribution in [0.2, 0.25) is 0 Å². The molecule has 1 saturated heterocycles. The molecule has 1 amide bonds. The number of morpholine rings is 1. The van der Waals surface area contributed by atoms with Gasteiger partial charge in [0.05, 0.1) is 18.9 Å². The average Bonchev–Trinajstić information content (AvgIpc) is 2.61. The molecule has 1 heterocycles. The SMILES string of the molecule is O=C(CSc1ccccc1)N1CCOC(c2ccc(F)cc2)C1. The number of nitrogens with zero attached hydrogens (tertiary/aromatic N) is 1. The number of benzene rings is 2. The largest absolute Gasteiger partial charge is 0.370 e. The summed E-state index contributed by atoms with van der Waals surface area (Å²) in [5, 5.41) is 0. The Morgan fingerprint density at radius 2 is 1.91 bits per heavy atom. The van der Waals surface area contributed by atoms with E-state index in [1.54, 1.807) is 12.1 Å². The van der Waals surface area contributed by atoms with Gasteiger partial charge in [0.15, 0.2) is 0 Å². The summed E-state index contributed by atoms with van der Waals surface area (Å²) in [6.45, 7) is 1.62. The third-order valence-corrected chi connectivity index (χ3v) is 4.76. The minimum atomic E-state index is -0.267. The molecule has 0 saturated carbocycles. The first kappa shape index (κ1) is 16.0. The smallest absolute Gasteiger partial charge is 0.233 e. The van der Waals surface area contributed by atoms with Crippen LogP contribution in [0.5, 0.6) is 0 Å². The zero-order valence-electron chi connectivity index (χ0n) is 12.7. The molecule has 1 unspecified atom stereocenters. The zero-order valence-corrected chi connectivity index (χ0v) is 13.5. The van der Waals surface area contributed by atoms with E-state index >= 15 is 0 Å². The fourth-order valence-corrected chi connectivity index (χ4v) is 3.33. The van der Waals surface area contributed by atoms with E-state index in [0.717, 1.165) is 10.5 Å². The van der Waals surface area contributed by atoms with E-state index in [9.17, 15) is 9.18 Å². The molecule has 1 atom stereocenters. The van der Waals surface area contributed by atoms with E-state index < -0.39 is 0 Å². The highest BCUT2D eigenvalue weighted by molar-refractivity contribution is 8.00. The average molecular weight is 331 g/mol. The summed E-state index contributed by atoms with van der Waals surface area (Å²) in [6, 6.07) is 16.2. The van der Waals surface area contributed by atoms with Gasteiger partial charge in [0.2, 0.25) is 5.91 Å². The maximum atomic E-state index is 13.0. The van der Waals surface area contributed by atoms with E-state index in [1.807, 2.05) is 35.2 Å². The van der Waals surface area contributed by atoms with Crippen molar-refractivity contribution in [2.75, 3.05) is 25.4 Å². The number of rotatable bonds is 4. The first-order valence-corrected chi connectivity index (χ1v) is 8.53. The molecule has 0 aliphatic carbocycles. The van der Waals surface area contributed by atoms with Gasteiger partial charge in [-0.3, -0.25) is 4.79 Å². The summed E-state index contributed by atoms with van der Waals surface area (Å²) in [4.78, 5) is 15.3. The van der Waals surface area contributed by atoms with Crippen LogP contribution in [0.15, 0.2) is 59.5 Å². The van der Waals surface area contributed by atoms with Crippen LogP contribution < -0.4 is 0 Å². The van der Waals surface area contributed by atoms with Crippen LogP contribution >= 0.6 is 11.8 Å². The van der Waals surface area contributed by atoms with Crippen LogP contribution in [0.4, 0.5) is 4.39 Å². The number of halogens is 1.